The average Bonchev–Trinajstić information content (AvgIpc) is 2.74. The molecule has 0 bridgehead atoms. The van der Waals surface area contributed by atoms with Crippen molar-refractivity contribution in [2.45, 2.75) is 26.9 Å². The molecule has 2 rings (SSSR count). The smallest absolute Gasteiger partial charge is 0.144 e. The molecule has 0 fully saturated rings. The van der Waals surface area contributed by atoms with Crippen LogP contribution in [-0.2, 0) is 13.1 Å². The summed E-state index contributed by atoms with van der Waals surface area (Å²) in [6, 6.07) is 1.94. The molecule has 0 spiro atoms. The van der Waals surface area contributed by atoms with Gasteiger partial charge < -0.3 is 5.32 Å². The Morgan fingerprint density at radius 2 is 2.05 bits per heavy atom. The highest BCUT2D eigenvalue weighted by atomic mass is 32.1. The molecular formula is C13H19N5S. The zero-order valence-corrected chi connectivity index (χ0v) is 12.6. The molecule has 19 heavy (non-hydrogen) atoms. The Morgan fingerprint density at radius 3 is 2.68 bits per heavy atom. The second-order valence-electron chi connectivity index (χ2n) is 4.59. The summed E-state index contributed by atoms with van der Waals surface area (Å²) in [5.41, 5.74) is 3.98. The lowest BCUT2D eigenvalue weighted by molar-refractivity contribution is 0.312. The minimum atomic E-state index is 0.730. The van der Waals surface area contributed by atoms with Crippen LogP contribution in [-0.4, -0.2) is 33.9 Å². The van der Waals surface area contributed by atoms with Gasteiger partial charge in [-0.2, -0.15) is 0 Å². The second-order valence-corrected chi connectivity index (χ2v) is 5.53. The van der Waals surface area contributed by atoms with Gasteiger partial charge in [0.1, 0.15) is 11.6 Å². The van der Waals surface area contributed by atoms with E-state index < -0.39 is 0 Å². The third-order valence-electron chi connectivity index (χ3n) is 2.83. The van der Waals surface area contributed by atoms with Gasteiger partial charge in [0.2, 0.25) is 0 Å². The first-order valence-corrected chi connectivity index (χ1v) is 7.06. The quantitative estimate of drug-likeness (QED) is 0.908. The third kappa shape index (κ3) is 3.71. The van der Waals surface area contributed by atoms with Gasteiger partial charge in [0.15, 0.2) is 0 Å². The predicted octanol–water partition coefficient (Wildman–Crippen LogP) is 2.22. The molecule has 0 aliphatic carbocycles. The van der Waals surface area contributed by atoms with Crippen LogP contribution in [0.15, 0.2) is 11.6 Å². The van der Waals surface area contributed by atoms with Gasteiger partial charge in [-0.25, -0.2) is 15.0 Å². The number of thiazole rings is 1. The number of hydrogen-bond donors (Lipinski definition) is 1. The molecule has 2 aromatic rings. The van der Waals surface area contributed by atoms with Crippen molar-refractivity contribution >= 4 is 17.2 Å². The lowest BCUT2D eigenvalue weighted by Gasteiger charge is -2.15. The molecule has 2 heterocycles. The van der Waals surface area contributed by atoms with Crippen LogP contribution in [0.3, 0.4) is 0 Å². The van der Waals surface area contributed by atoms with Crippen molar-refractivity contribution < 1.29 is 0 Å². The van der Waals surface area contributed by atoms with E-state index in [2.05, 4.69) is 32.2 Å². The minimum Gasteiger partial charge on any atom is -0.373 e. The van der Waals surface area contributed by atoms with Gasteiger partial charge in [-0.3, -0.25) is 4.90 Å². The summed E-state index contributed by atoms with van der Waals surface area (Å²) in [7, 11) is 3.94. The van der Waals surface area contributed by atoms with Crippen molar-refractivity contribution in [3.8, 4) is 0 Å². The van der Waals surface area contributed by atoms with Crippen molar-refractivity contribution in [2.75, 3.05) is 19.4 Å². The number of anilines is 1. The highest BCUT2D eigenvalue weighted by Crippen LogP contribution is 2.15. The maximum absolute atomic E-state index is 4.47. The summed E-state index contributed by atoms with van der Waals surface area (Å²) < 4.78 is 0. The highest BCUT2D eigenvalue weighted by molar-refractivity contribution is 7.09. The molecule has 102 valence electrons. The Morgan fingerprint density at radius 1 is 1.26 bits per heavy atom. The van der Waals surface area contributed by atoms with Gasteiger partial charge in [0.25, 0.3) is 0 Å². The maximum atomic E-state index is 4.47. The average molecular weight is 277 g/mol. The molecule has 5 nitrogen and oxygen atoms in total. The first-order chi connectivity index (χ1) is 9.08. The molecule has 0 amide bonds. The van der Waals surface area contributed by atoms with E-state index in [1.54, 1.807) is 11.3 Å². The first kappa shape index (κ1) is 13.9. The molecule has 0 saturated heterocycles. The number of aromatic nitrogens is 3. The Bertz CT molecular complexity index is 552. The van der Waals surface area contributed by atoms with Gasteiger partial charge in [-0.15, -0.1) is 11.3 Å². The largest absolute Gasteiger partial charge is 0.373 e. The van der Waals surface area contributed by atoms with Crippen molar-refractivity contribution in [3.05, 3.63) is 33.7 Å². The lowest BCUT2D eigenvalue weighted by Crippen LogP contribution is -2.19. The van der Waals surface area contributed by atoms with Gasteiger partial charge >= 0.3 is 0 Å². The molecular weight excluding hydrogens is 258 g/mol. The molecule has 1 N–H and O–H groups in total. The highest BCUT2D eigenvalue weighted by Gasteiger charge is 2.09. The Balaban J connectivity index is 2.04. The molecule has 0 aliphatic rings. The van der Waals surface area contributed by atoms with Crippen LogP contribution >= 0.6 is 11.3 Å². The summed E-state index contributed by atoms with van der Waals surface area (Å²) in [6.45, 7) is 5.64. The second kappa shape index (κ2) is 6.08. The fraction of sp³-hybridized carbons (Fsp3) is 0.462. The van der Waals surface area contributed by atoms with E-state index in [0.29, 0.717) is 0 Å². The van der Waals surface area contributed by atoms with Crippen LogP contribution in [0, 0.1) is 13.8 Å². The van der Waals surface area contributed by atoms with Crippen LogP contribution < -0.4 is 5.32 Å². The molecule has 0 aromatic carbocycles. The number of rotatable bonds is 5. The summed E-state index contributed by atoms with van der Waals surface area (Å²) in [5.74, 6) is 1.71. The molecule has 0 unspecified atom stereocenters. The maximum Gasteiger partial charge on any atom is 0.144 e. The fourth-order valence-electron chi connectivity index (χ4n) is 1.85. The third-order valence-corrected chi connectivity index (χ3v) is 3.75. The SMILES string of the molecule is CNc1cc(C)nc(CN(C)Cc2scnc2C)n1. The topological polar surface area (TPSA) is 53.9 Å². The zero-order valence-electron chi connectivity index (χ0n) is 11.8. The molecule has 0 atom stereocenters. The summed E-state index contributed by atoms with van der Waals surface area (Å²) in [4.78, 5) is 16.7. The van der Waals surface area contributed by atoms with E-state index in [4.69, 9.17) is 0 Å². The van der Waals surface area contributed by atoms with E-state index in [1.165, 1.54) is 4.88 Å². The van der Waals surface area contributed by atoms with Crippen molar-refractivity contribution in [2.24, 2.45) is 0 Å². The summed E-state index contributed by atoms with van der Waals surface area (Å²) >= 11 is 1.69. The fourth-order valence-corrected chi connectivity index (χ4v) is 2.71. The Hall–Kier alpha value is -1.53. The Kier molecular flexibility index (Phi) is 4.44. The minimum absolute atomic E-state index is 0.730. The van der Waals surface area contributed by atoms with E-state index in [9.17, 15) is 0 Å². The molecule has 2 aromatic heterocycles. The van der Waals surface area contributed by atoms with Crippen molar-refractivity contribution in [1.29, 1.82) is 0 Å². The molecule has 6 heteroatoms. The lowest BCUT2D eigenvalue weighted by atomic mass is 10.3. The van der Waals surface area contributed by atoms with E-state index in [0.717, 1.165) is 36.1 Å². The van der Waals surface area contributed by atoms with Crippen molar-refractivity contribution in [1.82, 2.24) is 19.9 Å². The van der Waals surface area contributed by atoms with Gasteiger partial charge in [-0.1, -0.05) is 0 Å². The van der Waals surface area contributed by atoms with Crippen LogP contribution in [0.1, 0.15) is 22.1 Å². The number of hydrogen-bond acceptors (Lipinski definition) is 6. The summed E-state index contributed by atoms with van der Waals surface area (Å²) in [6.07, 6.45) is 0. The van der Waals surface area contributed by atoms with Gasteiger partial charge in [0.05, 0.1) is 17.7 Å². The molecule has 0 radical (unpaired) electrons. The number of nitrogens with zero attached hydrogens (tertiary/aromatic N) is 4. The molecule has 0 saturated carbocycles. The van der Waals surface area contributed by atoms with Gasteiger partial charge in [0, 0.05) is 30.2 Å². The number of aryl methyl sites for hydroxylation is 2. The van der Waals surface area contributed by atoms with Crippen LogP contribution in [0.2, 0.25) is 0 Å². The Labute approximate surface area is 117 Å². The van der Waals surface area contributed by atoms with Crippen molar-refractivity contribution in [3.63, 3.8) is 0 Å². The molecule has 0 aliphatic heterocycles. The van der Waals surface area contributed by atoms with E-state index in [-0.39, 0.29) is 0 Å². The zero-order chi connectivity index (χ0) is 13.8. The normalized spacial score (nSPS) is 11.0. The van der Waals surface area contributed by atoms with Crippen LogP contribution in [0.5, 0.6) is 0 Å². The standard InChI is InChI=1S/C13H19N5S/c1-9-5-12(14-3)17-13(16-9)7-18(4)6-11-10(2)15-8-19-11/h5,8H,6-7H2,1-4H3,(H,14,16,17). The van der Waals surface area contributed by atoms with E-state index >= 15 is 0 Å². The van der Waals surface area contributed by atoms with E-state index in [1.807, 2.05) is 32.5 Å². The van der Waals surface area contributed by atoms with Crippen LogP contribution in [0.4, 0.5) is 5.82 Å². The number of nitrogens with one attached hydrogen (secondary N) is 1. The predicted molar refractivity (Wildman–Crippen MR) is 78.3 cm³/mol. The summed E-state index contributed by atoms with van der Waals surface area (Å²) in [5, 5.41) is 3.06. The van der Waals surface area contributed by atoms with Gasteiger partial charge in [-0.05, 0) is 20.9 Å². The monoisotopic (exact) mass is 277 g/mol. The first-order valence-electron chi connectivity index (χ1n) is 6.18. The van der Waals surface area contributed by atoms with Crippen LogP contribution in [0.25, 0.3) is 0 Å².